The van der Waals surface area contributed by atoms with Gasteiger partial charge in [0.05, 0.1) is 12.9 Å². The molecule has 0 aliphatic carbocycles. The van der Waals surface area contributed by atoms with E-state index in [0.29, 0.717) is 4.47 Å². The summed E-state index contributed by atoms with van der Waals surface area (Å²) >= 11 is 9.02. The van der Waals surface area contributed by atoms with Crippen molar-refractivity contribution in [2.75, 3.05) is 7.11 Å². The van der Waals surface area contributed by atoms with Gasteiger partial charge in [0.1, 0.15) is 22.0 Å². The zero-order valence-corrected chi connectivity index (χ0v) is 15.4. The van der Waals surface area contributed by atoms with Gasteiger partial charge in [0.15, 0.2) is 9.84 Å². The lowest BCUT2D eigenvalue weighted by molar-refractivity contribution is 0.0693. The minimum absolute atomic E-state index is 0.0107. The van der Waals surface area contributed by atoms with Gasteiger partial charge < -0.3 is 14.9 Å². The van der Waals surface area contributed by atoms with Gasteiger partial charge in [0, 0.05) is 15.1 Å². The lowest BCUT2D eigenvalue weighted by atomic mass is 10.1. The van der Waals surface area contributed by atoms with Crippen LogP contribution in [-0.2, 0) is 15.6 Å². The maximum atomic E-state index is 12.7. The first-order valence-electron chi connectivity index (χ1n) is 6.46. The van der Waals surface area contributed by atoms with Crippen molar-refractivity contribution in [2.45, 2.75) is 10.6 Å². The number of sulfone groups is 1. The molecule has 0 saturated carbocycles. The lowest BCUT2D eigenvalue weighted by Crippen LogP contribution is -2.09. The number of benzene rings is 2. The minimum atomic E-state index is -3.93. The Bertz CT molecular complexity index is 910. The van der Waals surface area contributed by atoms with Crippen molar-refractivity contribution in [1.29, 1.82) is 0 Å². The highest BCUT2D eigenvalue weighted by Crippen LogP contribution is 2.34. The molecule has 0 unspecified atom stereocenters. The van der Waals surface area contributed by atoms with Gasteiger partial charge in [-0.05, 0) is 30.3 Å². The van der Waals surface area contributed by atoms with Crippen LogP contribution in [-0.4, -0.2) is 31.7 Å². The Hall–Kier alpha value is -1.77. The van der Waals surface area contributed by atoms with E-state index < -0.39 is 32.9 Å². The molecule has 0 aliphatic heterocycles. The fourth-order valence-corrected chi connectivity index (χ4v) is 4.41. The van der Waals surface area contributed by atoms with Crippen LogP contribution in [0, 0.1) is 0 Å². The number of aromatic hydroxyl groups is 1. The van der Waals surface area contributed by atoms with E-state index in [1.807, 2.05) is 0 Å². The molecule has 0 aliphatic rings. The first-order valence-corrected chi connectivity index (χ1v) is 9.29. The second-order valence-corrected chi connectivity index (χ2v) is 8.13. The molecule has 0 radical (unpaired) electrons. The second-order valence-electron chi connectivity index (χ2n) is 4.82. The van der Waals surface area contributed by atoms with Crippen LogP contribution in [0.4, 0.5) is 0 Å². The molecule has 128 valence electrons. The normalized spacial score (nSPS) is 11.3. The average Bonchev–Trinajstić information content (AvgIpc) is 2.50. The number of carboxylic acids is 1. The maximum Gasteiger partial charge on any atom is 0.339 e. The van der Waals surface area contributed by atoms with Crippen LogP contribution < -0.4 is 4.74 Å². The predicted molar refractivity (Wildman–Crippen MR) is 91.7 cm³/mol. The highest BCUT2D eigenvalue weighted by Gasteiger charge is 2.24. The molecule has 2 N–H and O–H groups in total. The van der Waals surface area contributed by atoms with E-state index in [2.05, 4.69) is 15.9 Å². The number of halogens is 2. The molecule has 0 aromatic heterocycles. The fraction of sp³-hybridized carbons (Fsp3) is 0.133. The summed E-state index contributed by atoms with van der Waals surface area (Å²) in [5.41, 5.74) is -0.573. The van der Waals surface area contributed by atoms with E-state index in [4.69, 9.17) is 21.4 Å². The summed E-state index contributed by atoms with van der Waals surface area (Å²) in [7, 11) is -2.59. The SMILES string of the molecule is COc1ccc(Br)cc1S(=O)(=O)Cc1cc(Cl)cc(C(=O)O)c1O. The van der Waals surface area contributed by atoms with Crippen molar-refractivity contribution in [1.82, 2.24) is 0 Å². The second kappa shape index (κ2) is 7.00. The predicted octanol–water partition coefficient (Wildman–Crippen LogP) is 3.49. The quantitative estimate of drug-likeness (QED) is 0.745. The van der Waals surface area contributed by atoms with Gasteiger partial charge in [0.25, 0.3) is 0 Å². The van der Waals surface area contributed by atoms with E-state index in [9.17, 15) is 18.3 Å². The highest BCUT2D eigenvalue weighted by molar-refractivity contribution is 9.10. The van der Waals surface area contributed by atoms with Crippen molar-refractivity contribution >= 4 is 43.3 Å². The molecule has 0 atom stereocenters. The zero-order valence-electron chi connectivity index (χ0n) is 12.3. The Balaban J connectivity index is 2.55. The van der Waals surface area contributed by atoms with Crippen molar-refractivity contribution in [3.05, 3.63) is 51.0 Å². The van der Waals surface area contributed by atoms with Crippen LogP contribution >= 0.6 is 27.5 Å². The minimum Gasteiger partial charge on any atom is -0.507 e. The molecule has 2 rings (SSSR count). The molecule has 2 aromatic carbocycles. The number of aromatic carboxylic acids is 1. The molecular weight excluding hydrogens is 424 g/mol. The number of rotatable bonds is 5. The largest absolute Gasteiger partial charge is 0.507 e. The van der Waals surface area contributed by atoms with Crippen LogP contribution in [0.5, 0.6) is 11.5 Å². The zero-order chi connectivity index (χ0) is 18.1. The first-order chi connectivity index (χ1) is 11.2. The summed E-state index contributed by atoms with van der Waals surface area (Å²) in [5, 5.41) is 19.1. The third kappa shape index (κ3) is 3.82. The number of phenols is 1. The lowest BCUT2D eigenvalue weighted by Gasteiger charge is -2.12. The molecule has 0 bridgehead atoms. The van der Waals surface area contributed by atoms with Crippen molar-refractivity contribution < 1.29 is 28.2 Å². The van der Waals surface area contributed by atoms with Gasteiger partial charge in [-0.3, -0.25) is 0 Å². The topological polar surface area (TPSA) is 101 Å². The van der Waals surface area contributed by atoms with E-state index in [0.717, 1.165) is 6.07 Å². The summed E-state index contributed by atoms with van der Waals surface area (Å²) < 4.78 is 30.9. The molecular formula is C15H12BrClO6S. The molecule has 0 spiro atoms. The molecule has 9 heteroatoms. The maximum absolute atomic E-state index is 12.7. The molecule has 2 aromatic rings. The summed E-state index contributed by atoms with van der Waals surface area (Å²) in [6.45, 7) is 0. The summed E-state index contributed by atoms with van der Waals surface area (Å²) in [6.07, 6.45) is 0. The number of hydrogen-bond donors (Lipinski definition) is 2. The molecule has 0 amide bonds. The van der Waals surface area contributed by atoms with E-state index in [1.165, 1.54) is 25.3 Å². The van der Waals surface area contributed by atoms with Crippen LogP contribution in [0.3, 0.4) is 0 Å². The smallest absolute Gasteiger partial charge is 0.339 e. The number of methoxy groups -OCH3 is 1. The molecule has 0 saturated heterocycles. The standard InChI is InChI=1S/C15H12BrClO6S/c1-23-12-3-2-9(16)5-13(12)24(21,22)7-8-4-10(17)6-11(14(8)18)15(19)20/h2-6,18H,7H2,1H3,(H,19,20). The molecule has 24 heavy (non-hydrogen) atoms. The molecule has 0 fully saturated rings. The number of carboxylic acid groups (broad SMARTS) is 1. The van der Waals surface area contributed by atoms with E-state index in [-0.39, 0.29) is 21.2 Å². The number of carbonyl (C=O) groups is 1. The van der Waals surface area contributed by atoms with Crippen LogP contribution in [0.1, 0.15) is 15.9 Å². The Morgan fingerprint density at radius 2 is 1.96 bits per heavy atom. The Kier molecular flexibility index (Phi) is 5.42. The van der Waals surface area contributed by atoms with Crippen LogP contribution in [0.25, 0.3) is 0 Å². The number of hydrogen-bond acceptors (Lipinski definition) is 5. The summed E-state index contributed by atoms with van der Waals surface area (Å²) in [4.78, 5) is 11.0. The Morgan fingerprint density at radius 1 is 1.29 bits per heavy atom. The van der Waals surface area contributed by atoms with Gasteiger partial charge in [-0.25, -0.2) is 13.2 Å². The first kappa shape index (κ1) is 18.6. The highest BCUT2D eigenvalue weighted by atomic mass is 79.9. The molecule has 0 heterocycles. The van der Waals surface area contributed by atoms with Gasteiger partial charge in [-0.1, -0.05) is 27.5 Å². The van der Waals surface area contributed by atoms with Crippen molar-refractivity contribution in [2.24, 2.45) is 0 Å². The van der Waals surface area contributed by atoms with Crippen LogP contribution in [0.2, 0.25) is 5.02 Å². The molecule has 6 nitrogen and oxygen atoms in total. The third-order valence-electron chi connectivity index (χ3n) is 3.19. The van der Waals surface area contributed by atoms with Gasteiger partial charge in [0.2, 0.25) is 0 Å². The summed E-state index contributed by atoms with van der Waals surface area (Å²) in [5.74, 6) is -2.54. The van der Waals surface area contributed by atoms with E-state index >= 15 is 0 Å². The Labute approximate surface area is 151 Å². The summed E-state index contributed by atoms with van der Waals surface area (Å²) in [6, 6.07) is 6.74. The van der Waals surface area contributed by atoms with Gasteiger partial charge in [-0.15, -0.1) is 0 Å². The Morgan fingerprint density at radius 3 is 2.54 bits per heavy atom. The fourth-order valence-electron chi connectivity index (χ4n) is 2.10. The van der Waals surface area contributed by atoms with E-state index in [1.54, 1.807) is 6.07 Å². The van der Waals surface area contributed by atoms with Gasteiger partial charge >= 0.3 is 5.97 Å². The van der Waals surface area contributed by atoms with Crippen LogP contribution in [0.15, 0.2) is 39.7 Å². The average molecular weight is 436 g/mol. The monoisotopic (exact) mass is 434 g/mol. The number of ether oxygens (including phenoxy) is 1. The van der Waals surface area contributed by atoms with Crippen molar-refractivity contribution in [3.8, 4) is 11.5 Å². The third-order valence-corrected chi connectivity index (χ3v) is 5.58. The van der Waals surface area contributed by atoms with Gasteiger partial charge in [-0.2, -0.15) is 0 Å². The van der Waals surface area contributed by atoms with Crippen molar-refractivity contribution in [3.63, 3.8) is 0 Å².